The van der Waals surface area contributed by atoms with E-state index in [4.69, 9.17) is 0 Å². The minimum Gasteiger partial charge on any atom is -0.294 e. The monoisotopic (exact) mass is 369 g/mol. The molecular formula is C19H16BrNO2. The summed E-state index contributed by atoms with van der Waals surface area (Å²) in [7, 11) is 0. The van der Waals surface area contributed by atoms with Crippen molar-refractivity contribution in [2.45, 2.75) is 26.2 Å². The van der Waals surface area contributed by atoms with Gasteiger partial charge in [-0.3, -0.25) is 14.6 Å². The van der Waals surface area contributed by atoms with E-state index in [0.29, 0.717) is 12.0 Å². The second kappa shape index (κ2) is 6.20. The van der Waals surface area contributed by atoms with Crippen LogP contribution in [-0.2, 0) is 16.0 Å². The minimum absolute atomic E-state index is 0.103. The first-order chi connectivity index (χ1) is 11.0. The maximum Gasteiger partial charge on any atom is 0.174 e. The van der Waals surface area contributed by atoms with Gasteiger partial charge in [0.05, 0.1) is 0 Å². The molecule has 0 spiro atoms. The van der Waals surface area contributed by atoms with Crippen molar-refractivity contribution in [3.63, 3.8) is 0 Å². The number of carbonyl (C=O) groups excluding carboxylic acids is 2. The Morgan fingerprint density at radius 3 is 2.43 bits per heavy atom. The van der Waals surface area contributed by atoms with Crippen molar-refractivity contribution in [3.8, 4) is 0 Å². The number of allylic oxidation sites excluding steroid dienone is 2. The summed E-state index contributed by atoms with van der Waals surface area (Å²) in [5, 5.41) is 0. The summed E-state index contributed by atoms with van der Waals surface area (Å²) in [4.78, 5) is 29.5. The van der Waals surface area contributed by atoms with Gasteiger partial charge >= 0.3 is 0 Å². The topological polar surface area (TPSA) is 47.0 Å². The highest BCUT2D eigenvalue weighted by Gasteiger charge is 2.37. The number of ketones is 2. The third kappa shape index (κ3) is 3.04. The van der Waals surface area contributed by atoms with Crippen LogP contribution in [0.5, 0.6) is 0 Å². The average Bonchev–Trinajstić information content (AvgIpc) is 2.75. The van der Waals surface area contributed by atoms with Gasteiger partial charge in [0.2, 0.25) is 0 Å². The third-order valence-electron chi connectivity index (χ3n) is 4.12. The van der Waals surface area contributed by atoms with Crippen LogP contribution in [0.2, 0.25) is 0 Å². The lowest BCUT2D eigenvalue weighted by Crippen LogP contribution is -2.18. The number of carbonyl (C=O) groups is 2. The molecule has 0 saturated heterocycles. The molecule has 1 heterocycles. The van der Waals surface area contributed by atoms with E-state index in [2.05, 4.69) is 20.9 Å². The second-order valence-corrected chi connectivity index (χ2v) is 6.74. The summed E-state index contributed by atoms with van der Waals surface area (Å²) >= 11 is 3.45. The Morgan fingerprint density at radius 1 is 1.13 bits per heavy atom. The molecule has 0 bridgehead atoms. The molecule has 0 N–H and O–H groups in total. The average molecular weight is 370 g/mol. The van der Waals surface area contributed by atoms with E-state index in [1.165, 1.54) is 6.08 Å². The molecule has 116 valence electrons. The van der Waals surface area contributed by atoms with E-state index < -0.39 is 5.92 Å². The molecule has 1 aromatic carbocycles. The molecule has 3 rings (SSSR count). The predicted octanol–water partition coefficient (Wildman–Crippen LogP) is 3.87. The molecule has 0 saturated carbocycles. The van der Waals surface area contributed by atoms with E-state index >= 15 is 0 Å². The van der Waals surface area contributed by atoms with E-state index in [1.807, 2.05) is 44.2 Å². The number of Topliss-reactive ketones (excluding diaryl/α,β-unsaturated/α-hetero) is 1. The lowest BCUT2D eigenvalue weighted by atomic mass is 9.86. The van der Waals surface area contributed by atoms with Gasteiger partial charge in [-0.15, -0.1) is 0 Å². The van der Waals surface area contributed by atoms with Crippen LogP contribution < -0.4 is 0 Å². The van der Waals surface area contributed by atoms with Crippen molar-refractivity contribution in [3.05, 3.63) is 75.0 Å². The van der Waals surface area contributed by atoms with Crippen LogP contribution in [0.25, 0.3) is 0 Å². The fourth-order valence-electron chi connectivity index (χ4n) is 3.13. The Kier molecular flexibility index (Phi) is 4.26. The van der Waals surface area contributed by atoms with Gasteiger partial charge in [0, 0.05) is 28.4 Å². The summed E-state index contributed by atoms with van der Waals surface area (Å²) in [6.07, 6.45) is 3.58. The van der Waals surface area contributed by atoms with Crippen molar-refractivity contribution in [2.24, 2.45) is 0 Å². The molecule has 1 aliphatic rings. The Hall–Kier alpha value is -2.07. The van der Waals surface area contributed by atoms with Gasteiger partial charge in [0.25, 0.3) is 0 Å². The number of aromatic nitrogens is 1. The maximum absolute atomic E-state index is 12.8. The Labute approximate surface area is 143 Å². The minimum atomic E-state index is -0.707. The summed E-state index contributed by atoms with van der Waals surface area (Å²) in [5.41, 5.74) is 4.08. The van der Waals surface area contributed by atoms with Crippen LogP contribution in [0.4, 0.5) is 0 Å². The number of pyridine rings is 1. The predicted molar refractivity (Wildman–Crippen MR) is 92.4 cm³/mol. The molecule has 1 aliphatic carbocycles. The molecule has 0 radical (unpaired) electrons. The highest BCUT2D eigenvalue weighted by atomic mass is 79.9. The van der Waals surface area contributed by atoms with Crippen molar-refractivity contribution < 1.29 is 9.59 Å². The van der Waals surface area contributed by atoms with Gasteiger partial charge in [0.15, 0.2) is 11.6 Å². The maximum atomic E-state index is 12.8. The number of rotatable bonds is 3. The molecule has 23 heavy (non-hydrogen) atoms. The summed E-state index contributed by atoms with van der Waals surface area (Å²) in [5.74, 6) is -0.939. The van der Waals surface area contributed by atoms with Crippen LogP contribution >= 0.6 is 15.9 Å². The molecule has 0 amide bonds. The van der Waals surface area contributed by atoms with Gasteiger partial charge in [-0.25, -0.2) is 0 Å². The van der Waals surface area contributed by atoms with Gasteiger partial charge in [-0.05, 0) is 60.9 Å². The van der Waals surface area contributed by atoms with Gasteiger partial charge < -0.3 is 0 Å². The highest BCUT2D eigenvalue weighted by Crippen LogP contribution is 2.34. The second-order valence-electron chi connectivity index (χ2n) is 5.82. The zero-order valence-electron chi connectivity index (χ0n) is 13.0. The molecule has 0 aliphatic heterocycles. The summed E-state index contributed by atoms with van der Waals surface area (Å²) in [6, 6.07) is 9.46. The molecule has 1 atom stereocenters. The highest BCUT2D eigenvalue weighted by molar-refractivity contribution is 9.10. The number of hydrogen-bond donors (Lipinski definition) is 0. The molecule has 1 aromatic heterocycles. The number of benzene rings is 1. The quantitative estimate of drug-likeness (QED) is 0.771. The lowest BCUT2D eigenvalue weighted by Gasteiger charge is -2.16. The van der Waals surface area contributed by atoms with E-state index in [1.54, 1.807) is 6.20 Å². The first-order valence-electron chi connectivity index (χ1n) is 7.42. The zero-order valence-corrected chi connectivity index (χ0v) is 14.6. The number of halogens is 1. The van der Waals surface area contributed by atoms with Gasteiger partial charge in [0.1, 0.15) is 5.92 Å². The molecule has 1 unspecified atom stereocenters. The van der Waals surface area contributed by atoms with Crippen LogP contribution in [0.1, 0.15) is 28.3 Å². The lowest BCUT2D eigenvalue weighted by molar-refractivity contribution is -0.122. The van der Waals surface area contributed by atoms with Crippen molar-refractivity contribution in [2.75, 3.05) is 0 Å². The first kappa shape index (κ1) is 15.8. The number of aryl methyl sites for hydroxylation is 2. The van der Waals surface area contributed by atoms with E-state index in [0.717, 1.165) is 26.9 Å². The third-order valence-corrected chi connectivity index (χ3v) is 4.58. The SMILES string of the molecule is Cc1cc(Br)cc(C)c1C1C(=O)C=C(Cc2ccccn2)C1=O. The van der Waals surface area contributed by atoms with Crippen molar-refractivity contribution in [1.82, 2.24) is 4.98 Å². The number of hydrogen-bond acceptors (Lipinski definition) is 3. The summed E-state index contributed by atoms with van der Waals surface area (Å²) in [6.45, 7) is 3.87. The first-order valence-corrected chi connectivity index (χ1v) is 8.22. The number of nitrogens with zero attached hydrogens (tertiary/aromatic N) is 1. The van der Waals surface area contributed by atoms with Gasteiger partial charge in [-0.1, -0.05) is 22.0 Å². The van der Waals surface area contributed by atoms with Crippen LogP contribution in [-0.4, -0.2) is 16.6 Å². The molecular weight excluding hydrogens is 354 g/mol. The summed E-state index contributed by atoms with van der Waals surface area (Å²) < 4.78 is 0.954. The standard InChI is InChI=1S/C19H16BrNO2/c1-11-7-14(20)8-12(2)17(11)18-16(22)10-13(19(18)23)9-15-5-3-4-6-21-15/h3-8,10,18H,9H2,1-2H3. The normalized spacial score (nSPS) is 17.5. The van der Waals surface area contributed by atoms with Gasteiger partial charge in [-0.2, -0.15) is 0 Å². The molecule has 0 fully saturated rings. The Balaban J connectivity index is 1.93. The van der Waals surface area contributed by atoms with Crippen molar-refractivity contribution in [1.29, 1.82) is 0 Å². The Bertz CT molecular complexity index is 802. The largest absolute Gasteiger partial charge is 0.294 e. The molecule has 3 nitrogen and oxygen atoms in total. The Morgan fingerprint density at radius 2 is 1.83 bits per heavy atom. The molecule has 2 aromatic rings. The van der Waals surface area contributed by atoms with Crippen LogP contribution in [0.15, 0.2) is 52.7 Å². The van der Waals surface area contributed by atoms with Crippen LogP contribution in [0.3, 0.4) is 0 Å². The van der Waals surface area contributed by atoms with Crippen LogP contribution in [0, 0.1) is 13.8 Å². The fourth-order valence-corrected chi connectivity index (χ4v) is 3.81. The smallest absolute Gasteiger partial charge is 0.174 e. The zero-order chi connectivity index (χ0) is 16.6. The van der Waals surface area contributed by atoms with Crippen molar-refractivity contribution >= 4 is 27.5 Å². The fraction of sp³-hybridized carbons (Fsp3) is 0.211. The molecule has 4 heteroatoms. The van der Waals surface area contributed by atoms with E-state index in [9.17, 15) is 9.59 Å². The van der Waals surface area contributed by atoms with E-state index in [-0.39, 0.29) is 11.6 Å².